The summed E-state index contributed by atoms with van der Waals surface area (Å²) in [5.74, 6) is 0.742. The van der Waals surface area contributed by atoms with E-state index in [0.717, 1.165) is 47.8 Å². The second-order valence-electron chi connectivity index (χ2n) is 6.21. The van der Waals surface area contributed by atoms with Crippen molar-refractivity contribution in [2.75, 3.05) is 0 Å². The van der Waals surface area contributed by atoms with Gasteiger partial charge in [0.05, 0.1) is 22.8 Å². The predicted octanol–water partition coefficient (Wildman–Crippen LogP) is 5.36. The number of fused-ring (bicyclic) bond motifs is 1. The molecule has 0 bridgehead atoms. The topological polar surface area (TPSA) is 42.5 Å². The number of aryl methyl sites for hydroxylation is 1. The molecule has 3 aromatic rings. The van der Waals surface area contributed by atoms with Gasteiger partial charge in [0, 0.05) is 30.3 Å². The Hall–Kier alpha value is -3.08. The van der Waals surface area contributed by atoms with Gasteiger partial charge in [-0.1, -0.05) is 18.2 Å². The summed E-state index contributed by atoms with van der Waals surface area (Å²) in [4.78, 5) is 13.2. The lowest BCUT2D eigenvalue weighted by atomic mass is 10.0. The third-order valence-electron chi connectivity index (χ3n) is 4.65. The van der Waals surface area contributed by atoms with Crippen molar-refractivity contribution in [2.24, 2.45) is 9.98 Å². The lowest BCUT2D eigenvalue weighted by Crippen LogP contribution is -1.97. The van der Waals surface area contributed by atoms with E-state index in [1.54, 1.807) is 18.3 Å². The molecule has 4 nitrogen and oxygen atoms in total. The minimum Gasteiger partial charge on any atom is -0.327 e. The zero-order chi connectivity index (χ0) is 18.1. The molecule has 0 fully saturated rings. The van der Waals surface area contributed by atoms with Crippen LogP contribution in [0.3, 0.4) is 0 Å². The maximum atomic E-state index is 14.5. The van der Waals surface area contributed by atoms with Crippen molar-refractivity contribution in [2.45, 2.75) is 26.3 Å². The lowest BCUT2D eigenvalue weighted by Gasteiger charge is -2.11. The summed E-state index contributed by atoms with van der Waals surface area (Å²) in [7, 11) is 0. The van der Waals surface area contributed by atoms with Crippen molar-refractivity contribution in [1.82, 2.24) is 9.55 Å². The summed E-state index contributed by atoms with van der Waals surface area (Å²) < 4.78 is 16.6. The van der Waals surface area contributed by atoms with Gasteiger partial charge in [0.15, 0.2) is 0 Å². The zero-order valence-corrected chi connectivity index (χ0v) is 14.6. The van der Waals surface area contributed by atoms with Gasteiger partial charge >= 0.3 is 0 Å². The fourth-order valence-electron chi connectivity index (χ4n) is 3.51. The van der Waals surface area contributed by atoms with Crippen molar-refractivity contribution in [3.8, 4) is 22.5 Å². The Morgan fingerprint density at radius 1 is 1.19 bits per heavy atom. The van der Waals surface area contributed by atoms with E-state index in [2.05, 4.69) is 21.3 Å². The van der Waals surface area contributed by atoms with Crippen LogP contribution in [0.5, 0.6) is 0 Å². The van der Waals surface area contributed by atoms with Gasteiger partial charge in [-0.15, -0.1) is 0 Å². The molecule has 2 aromatic carbocycles. The van der Waals surface area contributed by atoms with Crippen LogP contribution in [0.1, 0.15) is 19.2 Å². The van der Waals surface area contributed by atoms with Gasteiger partial charge in [0.25, 0.3) is 0 Å². The quantitative estimate of drug-likeness (QED) is 0.587. The van der Waals surface area contributed by atoms with E-state index in [0.29, 0.717) is 11.3 Å². The summed E-state index contributed by atoms with van der Waals surface area (Å²) in [6.07, 6.45) is 3.69. The number of aliphatic imine (C=N–C) groups is 2. The van der Waals surface area contributed by atoms with Crippen LogP contribution in [0, 0.1) is 5.82 Å². The number of benzene rings is 2. The third-order valence-corrected chi connectivity index (χ3v) is 4.65. The zero-order valence-electron chi connectivity index (χ0n) is 14.6. The molecule has 0 aliphatic carbocycles. The van der Waals surface area contributed by atoms with E-state index in [1.165, 1.54) is 6.07 Å². The number of rotatable bonds is 4. The smallest absolute Gasteiger partial charge is 0.132 e. The van der Waals surface area contributed by atoms with Crippen molar-refractivity contribution in [3.05, 3.63) is 54.1 Å². The van der Waals surface area contributed by atoms with Crippen LogP contribution in [0.2, 0.25) is 0 Å². The Labute approximate surface area is 151 Å². The number of hydrogen-bond acceptors (Lipinski definition) is 3. The maximum absolute atomic E-state index is 14.5. The molecular weight excluding hydrogens is 327 g/mol. The van der Waals surface area contributed by atoms with E-state index in [4.69, 9.17) is 4.98 Å². The molecule has 4 rings (SSSR count). The lowest BCUT2D eigenvalue weighted by molar-refractivity contribution is 0.630. The summed E-state index contributed by atoms with van der Waals surface area (Å²) in [5, 5.41) is 0. The van der Waals surface area contributed by atoms with Crippen LogP contribution >= 0.6 is 0 Å². The highest BCUT2D eigenvalue weighted by atomic mass is 19.1. The van der Waals surface area contributed by atoms with Crippen molar-refractivity contribution < 1.29 is 4.39 Å². The number of nitrogens with zero attached hydrogens (tertiary/aromatic N) is 4. The third kappa shape index (κ3) is 2.65. The highest BCUT2D eigenvalue weighted by Crippen LogP contribution is 2.39. The highest BCUT2D eigenvalue weighted by molar-refractivity contribution is 5.84. The van der Waals surface area contributed by atoms with E-state index in [9.17, 15) is 4.39 Å². The van der Waals surface area contributed by atoms with E-state index in [1.807, 2.05) is 31.2 Å². The van der Waals surface area contributed by atoms with Gasteiger partial charge in [0.2, 0.25) is 0 Å². The van der Waals surface area contributed by atoms with Gasteiger partial charge in [-0.05, 0) is 44.3 Å². The van der Waals surface area contributed by atoms with E-state index >= 15 is 0 Å². The van der Waals surface area contributed by atoms with Gasteiger partial charge in [-0.25, -0.2) is 9.37 Å². The van der Waals surface area contributed by atoms with Crippen LogP contribution in [0.15, 0.2) is 52.4 Å². The van der Waals surface area contributed by atoms with Crippen molar-refractivity contribution in [3.63, 3.8) is 0 Å². The molecule has 1 aromatic heterocycles. The first-order valence-corrected chi connectivity index (χ1v) is 8.67. The van der Waals surface area contributed by atoms with E-state index in [-0.39, 0.29) is 5.82 Å². The first-order chi connectivity index (χ1) is 12.7. The van der Waals surface area contributed by atoms with Gasteiger partial charge in [-0.3, -0.25) is 9.98 Å². The second-order valence-corrected chi connectivity index (χ2v) is 6.21. The number of aromatic nitrogens is 2. The van der Waals surface area contributed by atoms with Crippen molar-refractivity contribution in [1.29, 1.82) is 0 Å². The first kappa shape index (κ1) is 16.4. The second kappa shape index (κ2) is 6.67. The Balaban J connectivity index is 1.96. The van der Waals surface area contributed by atoms with Gasteiger partial charge in [-0.2, -0.15) is 0 Å². The van der Waals surface area contributed by atoms with Crippen molar-refractivity contribution >= 4 is 24.3 Å². The number of imidazole rings is 1. The molecule has 0 atom stereocenters. The molecule has 5 heteroatoms. The summed E-state index contributed by atoms with van der Waals surface area (Å²) in [6, 6.07) is 12.6. The molecule has 0 N–H and O–H groups in total. The SMILES string of the molecule is C=Nc1ccc(-c2c(-c3ccccc3F)nc3n2CCC3)cc1N=CC. The standard InChI is InChI=1S/C21H19FN4/c1-3-24-18-13-14(10-11-17(18)23-2)21-20(15-7-4-5-8-16(15)22)25-19-9-6-12-26(19)21/h3-5,7-8,10-11,13H,2,6,9,12H2,1H3. The molecule has 0 saturated carbocycles. The van der Waals surface area contributed by atoms with Gasteiger partial charge < -0.3 is 4.57 Å². The monoisotopic (exact) mass is 346 g/mol. The molecule has 1 aliphatic rings. The molecule has 0 amide bonds. The minimum absolute atomic E-state index is 0.262. The largest absolute Gasteiger partial charge is 0.327 e. The number of hydrogen-bond donors (Lipinski definition) is 0. The predicted molar refractivity (Wildman–Crippen MR) is 104 cm³/mol. The molecule has 0 saturated heterocycles. The molecule has 2 heterocycles. The van der Waals surface area contributed by atoms with Crippen LogP contribution in [0.25, 0.3) is 22.5 Å². The Morgan fingerprint density at radius 3 is 2.81 bits per heavy atom. The highest BCUT2D eigenvalue weighted by Gasteiger charge is 2.24. The average Bonchev–Trinajstić information content (AvgIpc) is 3.23. The molecule has 0 radical (unpaired) electrons. The van der Waals surface area contributed by atoms with Crippen LogP contribution in [-0.2, 0) is 13.0 Å². The molecule has 1 aliphatic heterocycles. The molecule has 130 valence electrons. The fraction of sp³-hybridized carbons (Fsp3) is 0.190. The average molecular weight is 346 g/mol. The van der Waals surface area contributed by atoms with Gasteiger partial charge in [0.1, 0.15) is 11.6 Å². The first-order valence-electron chi connectivity index (χ1n) is 8.67. The summed E-state index contributed by atoms with van der Waals surface area (Å²) in [6.45, 7) is 6.36. The molecule has 0 unspecified atom stereocenters. The Bertz CT molecular complexity index is 1020. The minimum atomic E-state index is -0.262. The molecule has 0 spiro atoms. The Morgan fingerprint density at radius 2 is 2.04 bits per heavy atom. The summed E-state index contributed by atoms with van der Waals surface area (Å²) in [5.41, 5.74) is 4.57. The number of halogens is 1. The normalized spacial score (nSPS) is 13.3. The molecule has 26 heavy (non-hydrogen) atoms. The van der Waals surface area contributed by atoms with Crippen LogP contribution < -0.4 is 0 Å². The molecular formula is C21H19FN4. The van der Waals surface area contributed by atoms with Crippen LogP contribution in [0.4, 0.5) is 15.8 Å². The summed E-state index contributed by atoms with van der Waals surface area (Å²) >= 11 is 0. The maximum Gasteiger partial charge on any atom is 0.132 e. The fourth-order valence-corrected chi connectivity index (χ4v) is 3.51. The van der Waals surface area contributed by atoms with Crippen LogP contribution in [-0.4, -0.2) is 22.5 Å². The Kier molecular flexibility index (Phi) is 4.21. The van der Waals surface area contributed by atoms with E-state index < -0.39 is 0 Å².